The molecule has 1 heterocycles. The molecule has 44 heavy (non-hydrogen) atoms. The zero-order chi connectivity index (χ0) is 30.3. The molecule has 0 aromatic heterocycles. The van der Waals surface area contributed by atoms with Crippen LogP contribution in [0.1, 0.15) is 51.3 Å². The number of hydrogen-bond acceptors (Lipinski definition) is 3. The number of Topliss-reactive ketones (excluding diaryl/α,β-unsaturated/α-hetero) is 2. The molecule has 6 aromatic rings. The van der Waals surface area contributed by atoms with E-state index in [0.29, 0.717) is 11.1 Å². The lowest BCUT2D eigenvalue weighted by molar-refractivity contribution is 0.0990. The topological polar surface area (TPSA) is 37.4 Å². The van der Waals surface area contributed by atoms with E-state index in [0.717, 1.165) is 27.7 Å². The van der Waals surface area contributed by atoms with Crippen LogP contribution in [0.2, 0.25) is 10.0 Å². The Balaban J connectivity index is 1.31. The number of para-hydroxylation sites is 1. The fraction of sp³-hybridized carbons (Fsp3) is 0.0769. The standard InChI is InChI=1S/C39H25Cl2NO2/c1-39(2)30-11-5-6-12-34(30)42(33-13-7-9-23-8-3-4-10-25(23)33)35-17-15-24-18-22(14-16-26(24)36(35)39)19-29-37(43)27-20-31(40)32(41)21-28(27)38(29)44/h3-21H,1-2H3. The van der Waals surface area contributed by atoms with Crippen LogP contribution in [0, 0.1) is 0 Å². The minimum atomic E-state index is -0.336. The SMILES string of the molecule is CC1(C)c2ccccc2N(c2cccc3ccccc23)c2ccc3cc(C=C4C(=O)c5cc(Cl)c(Cl)cc5C4=O)ccc3c21. The first kappa shape index (κ1) is 26.9. The highest BCUT2D eigenvalue weighted by Gasteiger charge is 2.38. The van der Waals surface area contributed by atoms with E-state index in [1.165, 1.54) is 39.7 Å². The van der Waals surface area contributed by atoms with Gasteiger partial charge in [-0.05, 0) is 75.3 Å². The summed E-state index contributed by atoms with van der Waals surface area (Å²) in [6.45, 7) is 4.56. The van der Waals surface area contributed by atoms with Gasteiger partial charge in [-0.25, -0.2) is 0 Å². The maximum absolute atomic E-state index is 13.2. The largest absolute Gasteiger partial charge is 0.309 e. The number of benzene rings is 6. The van der Waals surface area contributed by atoms with Gasteiger partial charge in [0.1, 0.15) is 0 Å². The molecule has 2 aliphatic rings. The summed E-state index contributed by atoms with van der Waals surface area (Å²) in [6, 6.07) is 37.0. The van der Waals surface area contributed by atoms with Crippen LogP contribution in [0.4, 0.5) is 17.1 Å². The molecule has 8 rings (SSSR count). The van der Waals surface area contributed by atoms with Crippen LogP contribution < -0.4 is 4.90 Å². The Morgan fingerprint density at radius 1 is 0.614 bits per heavy atom. The van der Waals surface area contributed by atoms with E-state index in [-0.39, 0.29) is 32.6 Å². The summed E-state index contributed by atoms with van der Waals surface area (Å²) in [6.07, 6.45) is 1.67. The number of hydrogen-bond donors (Lipinski definition) is 0. The fourth-order valence-corrected chi connectivity index (χ4v) is 7.34. The van der Waals surface area contributed by atoms with Crippen LogP contribution in [-0.2, 0) is 5.41 Å². The summed E-state index contributed by atoms with van der Waals surface area (Å²) in [4.78, 5) is 28.8. The summed E-state index contributed by atoms with van der Waals surface area (Å²) in [5.41, 5.74) is 7.09. The Kier molecular flexibility index (Phi) is 5.90. The number of carbonyl (C=O) groups is 2. The lowest BCUT2D eigenvalue weighted by Crippen LogP contribution is -2.31. The van der Waals surface area contributed by atoms with E-state index in [2.05, 4.69) is 104 Å². The van der Waals surface area contributed by atoms with Crippen molar-refractivity contribution in [3.8, 4) is 0 Å². The molecule has 0 N–H and O–H groups in total. The van der Waals surface area contributed by atoms with Crippen molar-refractivity contribution >= 4 is 79.5 Å². The summed E-state index contributed by atoms with van der Waals surface area (Å²) in [5.74, 6) is -0.671. The van der Waals surface area contributed by atoms with Gasteiger partial charge in [-0.1, -0.05) is 110 Å². The van der Waals surface area contributed by atoms with Crippen molar-refractivity contribution in [2.24, 2.45) is 0 Å². The second kappa shape index (κ2) is 9.65. The average molecular weight is 611 g/mol. The Labute approximate surface area is 265 Å². The molecular formula is C39H25Cl2NO2. The molecule has 1 aliphatic heterocycles. The van der Waals surface area contributed by atoms with Crippen molar-refractivity contribution in [1.82, 2.24) is 0 Å². The van der Waals surface area contributed by atoms with Gasteiger partial charge in [0.05, 0.1) is 32.7 Å². The van der Waals surface area contributed by atoms with Gasteiger partial charge in [0.25, 0.3) is 0 Å². The summed E-state index contributed by atoms with van der Waals surface area (Å²) >= 11 is 12.3. The molecule has 212 valence electrons. The Morgan fingerprint density at radius 3 is 2.05 bits per heavy atom. The van der Waals surface area contributed by atoms with Crippen LogP contribution in [-0.4, -0.2) is 11.6 Å². The zero-order valence-corrected chi connectivity index (χ0v) is 25.5. The summed E-state index contributed by atoms with van der Waals surface area (Å²) < 4.78 is 0. The lowest BCUT2D eigenvalue weighted by atomic mass is 9.71. The minimum Gasteiger partial charge on any atom is -0.309 e. The van der Waals surface area contributed by atoms with Gasteiger partial charge in [0.2, 0.25) is 0 Å². The van der Waals surface area contributed by atoms with Gasteiger partial charge in [-0.2, -0.15) is 0 Å². The number of anilines is 3. The van der Waals surface area contributed by atoms with Gasteiger partial charge in [-0.3, -0.25) is 9.59 Å². The first-order chi connectivity index (χ1) is 21.2. The quantitative estimate of drug-likeness (QED) is 0.145. The second-order valence-electron chi connectivity index (χ2n) is 11.9. The molecule has 0 atom stereocenters. The number of nitrogens with zero attached hydrogens (tertiary/aromatic N) is 1. The monoisotopic (exact) mass is 609 g/mol. The van der Waals surface area contributed by atoms with Crippen LogP contribution >= 0.6 is 23.2 Å². The minimum absolute atomic E-state index is 0.118. The van der Waals surface area contributed by atoms with Gasteiger partial charge < -0.3 is 4.90 Å². The van der Waals surface area contributed by atoms with Gasteiger partial charge in [-0.15, -0.1) is 0 Å². The predicted molar refractivity (Wildman–Crippen MR) is 181 cm³/mol. The van der Waals surface area contributed by atoms with Crippen molar-refractivity contribution in [2.75, 3.05) is 4.90 Å². The van der Waals surface area contributed by atoms with Crippen LogP contribution in [0.25, 0.3) is 27.6 Å². The molecule has 3 nitrogen and oxygen atoms in total. The van der Waals surface area contributed by atoms with E-state index < -0.39 is 0 Å². The highest BCUT2D eigenvalue weighted by molar-refractivity contribution is 6.46. The first-order valence-electron chi connectivity index (χ1n) is 14.5. The van der Waals surface area contributed by atoms with E-state index in [9.17, 15) is 9.59 Å². The van der Waals surface area contributed by atoms with Gasteiger partial charge in [0.15, 0.2) is 11.6 Å². The van der Waals surface area contributed by atoms with Crippen molar-refractivity contribution < 1.29 is 9.59 Å². The second-order valence-corrected chi connectivity index (χ2v) is 12.8. The summed E-state index contributed by atoms with van der Waals surface area (Å²) in [5, 5.41) is 5.04. The molecule has 0 radical (unpaired) electrons. The molecule has 0 amide bonds. The third kappa shape index (κ3) is 3.83. The Morgan fingerprint density at radius 2 is 1.27 bits per heavy atom. The Bertz CT molecular complexity index is 2230. The number of rotatable bonds is 2. The maximum atomic E-state index is 13.2. The van der Waals surface area contributed by atoms with E-state index in [1.807, 2.05) is 12.1 Å². The van der Waals surface area contributed by atoms with Gasteiger partial charge >= 0.3 is 0 Å². The number of halogens is 2. The van der Waals surface area contributed by atoms with Crippen molar-refractivity contribution in [1.29, 1.82) is 0 Å². The highest BCUT2D eigenvalue weighted by Crippen LogP contribution is 2.54. The van der Waals surface area contributed by atoms with Crippen LogP contribution in [0.3, 0.4) is 0 Å². The van der Waals surface area contributed by atoms with E-state index in [1.54, 1.807) is 6.08 Å². The molecular weight excluding hydrogens is 585 g/mol. The molecule has 0 saturated carbocycles. The van der Waals surface area contributed by atoms with E-state index in [4.69, 9.17) is 23.2 Å². The van der Waals surface area contributed by atoms with Crippen molar-refractivity contribution in [3.05, 3.63) is 153 Å². The number of fused-ring (bicyclic) bond motifs is 6. The van der Waals surface area contributed by atoms with E-state index >= 15 is 0 Å². The first-order valence-corrected chi connectivity index (χ1v) is 15.2. The average Bonchev–Trinajstić information content (AvgIpc) is 3.24. The zero-order valence-electron chi connectivity index (χ0n) is 24.0. The van der Waals surface area contributed by atoms with Gasteiger partial charge in [0, 0.05) is 21.9 Å². The fourth-order valence-electron chi connectivity index (χ4n) is 7.01. The molecule has 1 aliphatic carbocycles. The maximum Gasteiger partial charge on any atom is 0.197 e. The van der Waals surface area contributed by atoms with Crippen LogP contribution in [0.5, 0.6) is 0 Å². The predicted octanol–water partition coefficient (Wildman–Crippen LogP) is 10.9. The molecule has 0 fully saturated rings. The molecule has 5 heteroatoms. The third-order valence-corrected chi connectivity index (χ3v) is 9.79. The smallest absolute Gasteiger partial charge is 0.197 e. The number of allylic oxidation sites excluding steroid dienone is 1. The van der Waals surface area contributed by atoms with Crippen LogP contribution in [0.15, 0.2) is 115 Å². The van der Waals surface area contributed by atoms with Crippen molar-refractivity contribution in [3.63, 3.8) is 0 Å². The third-order valence-electron chi connectivity index (χ3n) is 9.06. The lowest BCUT2D eigenvalue weighted by Gasteiger charge is -2.43. The number of ketones is 2. The highest BCUT2D eigenvalue weighted by atomic mass is 35.5. The van der Waals surface area contributed by atoms with Crippen molar-refractivity contribution in [2.45, 2.75) is 19.3 Å². The Hall–Kier alpha value is -4.70. The number of carbonyl (C=O) groups excluding carboxylic acids is 2. The molecule has 0 unspecified atom stereocenters. The summed E-state index contributed by atoms with van der Waals surface area (Å²) in [7, 11) is 0. The molecule has 6 aromatic carbocycles. The molecule has 0 saturated heterocycles. The normalized spacial score (nSPS) is 15.0. The molecule has 0 spiro atoms. The molecule has 0 bridgehead atoms.